The lowest BCUT2D eigenvalue weighted by Crippen LogP contribution is -2.08. The van der Waals surface area contributed by atoms with Crippen molar-refractivity contribution < 1.29 is 18.3 Å². The number of esters is 1. The van der Waals surface area contributed by atoms with Gasteiger partial charge in [-0.05, 0) is 49.1 Å². The maximum atomic E-state index is 13.4. The summed E-state index contributed by atoms with van der Waals surface area (Å²) < 4.78 is 31.9. The van der Waals surface area contributed by atoms with Gasteiger partial charge in [0.05, 0.1) is 12.2 Å². The number of carbonyl (C=O) groups is 1. The number of hydrogen-bond acceptors (Lipinski definition) is 3. The third-order valence-corrected chi connectivity index (χ3v) is 4.72. The number of halogens is 2. The number of hydrogen-bond donors (Lipinski definition) is 0. The molecule has 1 aromatic rings. The highest BCUT2D eigenvalue weighted by Crippen LogP contribution is 2.34. The average Bonchev–Trinajstić information content (AvgIpc) is 2.85. The molecule has 1 aliphatic carbocycles. The van der Waals surface area contributed by atoms with Crippen molar-refractivity contribution in [3.05, 3.63) is 35.9 Å². The molecule has 1 aromatic carbocycles. The summed E-state index contributed by atoms with van der Waals surface area (Å²) in [4.78, 5) is 13.3. The van der Waals surface area contributed by atoms with Crippen molar-refractivity contribution in [2.24, 2.45) is 5.92 Å². The fourth-order valence-corrected chi connectivity index (χ4v) is 3.39. The number of ether oxygens (including phenoxy) is 1. The normalized spacial score (nSPS) is 24.7. The van der Waals surface area contributed by atoms with Crippen molar-refractivity contribution in [3.8, 4) is 0 Å². The second-order valence-electron chi connectivity index (χ2n) is 5.52. The molecule has 0 radical (unpaired) electrons. The Bertz CT molecular complexity index is 547. The van der Waals surface area contributed by atoms with Crippen molar-refractivity contribution in [1.82, 2.24) is 0 Å². The molecule has 1 saturated carbocycles. The molecular weight excluding hydrogens is 318 g/mol. The molecule has 3 atom stereocenters. The molecule has 0 N–H and O–H groups in total. The van der Waals surface area contributed by atoms with E-state index in [0.29, 0.717) is 5.57 Å². The van der Waals surface area contributed by atoms with Gasteiger partial charge < -0.3 is 4.74 Å². The minimum Gasteiger partial charge on any atom is -0.462 e. The maximum absolute atomic E-state index is 13.4. The third kappa shape index (κ3) is 4.80. The van der Waals surface area contributed by atoms with Crippen LogP contribution >= 0.6 is 11.8 Å². The zero-order valence-electron chi connectivity index (χ0n) is 13.4. The Morgan fingerprint density at radius 2 is 1.83 bits per heavy atom. The molecule has 2 rings (SSSR count). The summed E-state index contributed by atoms with van der Waals surface area (Å²) in [6, 6.07) is 7.60. The Balaban J connectivity index is 2.25. The topological polar surface area (TPSA) is 26.3 Å². The minimum atomic E-state index is -1.44. The van der Waals surface area contributed by atoms with Crippen LogP contribution in [-0.4, -0.2) is 30.7 Å². The van der Waals surface area contributed by atoms with Gasteiger partial charge in [0, 0.05) is 4.90 Å². The van der Waals surface area contributed by atoms with E-state index in [4.69, 9.17) is 4.74 Å². The highest BCUT2D eigenvalue weighted by atomic mass is 32.2. The molecule has 23 heavy (non-hydrogen) atoms. The first-order valence-corrected chi connectivity index (χ1v) is 8.94. The van der Waals surface area contributed by atoms with Crippen molar-refractivity contribution >= 4 is 23.3 Å². The molecular formula is C18H22F2O2S. The molecule has 1 fully saturated rings. The highest BCUT2D eigenvalue weighted by molar-refractivity contribution is 7.99. The largest absolute Gasteiger partial charge is 0.462 e. The lowest BCUT2D eigenvalue weighted by Gasteiger charge is -2.11. The van der Waals surface area contributed by atoms with Crippen molar-refractivity contribution in [2.75, 3.05) is 12.4 Å². The molecule has 0 aliphatic heterocycles. The van der Waals surface area contributed by atoms with Crippen LogP contribution in [0.1, 0.15) is 32.3 Å². The summed E-state index contributed by atoms with van der Waals surface area (Å²) in [6.45, 7) is 4.08. The number of benzene rings is 1. The molecule has 0 spiro atoms. The Morgan fingerprint density at radius 3 is 2.35 bits per heavy atom. The summed E-state index contributed by atoms with van der Waals surface area (Å²) in [5.74, 6) is 0.253. The standard InChI is InChI=1S/C18H22F2O2S/c1-3-22-18(21)15(9-12-10-16(19)17(20)11-12)13-5-7-14(8-6-13)23-4-2/h5-9,12,16-17H,3-4,10-11H2,1-2H3/t12?,16-,17+. The summed E-state index contributed by atoms with van der Waals surface area (Å²) in [5.41, 5.74) is 1.12. The smallest absolute Gasteiger partial charge is 0.338 e. The summed E-state index contributed by atoms with van der Waals surface area (Å²) in [5, 5.41) is 0. The summed E-state index contributed by atoms with van der Waals surface area (Å²) in [7, 11) is 0. The van der Waals surface area contributed by atoms with Crippen LogP contribution in [0.25, 0.3) is 5.57 Å². The molecule has 126 valence electrons. The summed E-state index contributed by atoms with van der Waals surface area (Å²) in [6.07, 6.45) is -0.973. The van der Waals surface area contributed by atoms with Crippen LogP contribution in [0.2, 0.25) is 0 Å². The Morgan fingerprint density at radius 1 is 1.22 bits per heavy atom. The molecule has 0 amide bonds. The van der Waals surface area contributed by atoms with E-state index >= 15 is 0 Å². The fraction of sp³-hybridized carbons (Fsp3) is 0.500. The first-order valence-electron chi connectivity index (χ1n) is 7.95. The molecule has 2 nitrogen and oxygen atoms in total. The second kappa shape index (κ2) is 8.48. The zero-order valence-corrected chi connectivity index (χ0v) is 14.2. The zero-order chi connectivity index (χ0) is 16.8. The lowest BCUT2D eigenvalue weighted by molar-refractivity contribution is -0.136. The van der Waals surface area contributed by atoms with E-state index < -0.39 is 18.3 Å². The molecule has 0 heterocycles. The van der Waals surface area contributed by atoms with Crippen LogP contribution in [0.15, 0.2) is 35.2 Å². The van der Waals surface area contributed by atoms with Crippen molar-refractivity contribution in [3.63, 3.8) is 0 Å². The van der Waals surface area contributed by atoms with E-state index in [0.717, 1.165) is 16.2 Å². The van der Waals surface area contributed by atoms with Gasteiger partial charge in [-0.2, -0.15) is 0 Å². The van der Waals surface area contributed by atoms with Gasteiger partial charge in [-0.1, -0.05) is 25.1 Å². The molecule has 5 heteroatoms. The predicted molar refractivity (Wildman–Crippen MR) is 90.0 cm³/mol. The van der Waals surface area contributed by atoms with Crippen molar-refractivity contribution in [2.45, 2.75) is 43.9 Å². The quantitative estimate of drug-likeness (QED) is 0.421. The van der Waals surface area contributed by atoms with Crippen LogP contribution in [0.3, 0.4) is 0 Å². The number of rotatable bonds is 6. The van der Waals surface area contributed by atoms with E-state index in [1.54, 1.807) is 24.8 Å². The molecule has 0 bridgehead atoms. The van der Waals surface area contributed by atoms with E-state index in [1.807, 2.05) is 24.3 Å². The first-order chi connectivity index (χ1) is 11.0. The number of thioether (sulfide) groups is 1. The Labute approximate surface area is 140 Å². The summed E-state index contributed by atoms with van der Waals surface area (Å²) >= 11 is 1.71. The van der Waals surface area contributed by atoms with Gasteiger partial charge in [0.25, 0.3) is 0 Å². The first kappa shape index (κ1) is 18.0. The monoisotopic (exact) mass is 340 g/mol. The van der Waals surface area contributed by atoms with Crippen molar-refractivity contribution in [1.29, 1.82) is 0 Å². The fourth-order valence-electron chi connectivity index (χ4n) is 2.73. The Hall–Kier alpha value is -1.36. The van der Waals surface area contributed by atoms with Crippen LogP contribution < -0.4 is 0 Å². The van der Waals surface area contributed by atoms with Gasteiger partial charge in [0.1, 0.15) is 12.3 Å². The van der Waals surface area contributed by atoms with E-state index in [-0.39, 0.29) is 25.4 Å². The van der Waals surface area contributed by atoms with Gasteiger partial charge in [-0.15, -0.1) is 11.8 Å². The van der Waals surface area contributed by atoms with E-state index in [1.165, 1.54) is 0 Å². The van der Waals surface area contributed by atoms with Crippen LogP contribution in [0.4, 0.5) is 8.78 Å². The minimum absolute atomic E-state index is 0.119. The molecule has 0 saturated heterocycles. The number of alkyl halides is 2. The average molecular weight is 340 g/mol. The van der Waals surface area contributed by atoms with Gasteiger partial charge in [0.2, 0.25) is 0 Å². The predicted octanol–water partition coefficient (Wildman–Crippen LogP) is 4.83. The number of carbonyl (C=O) groups excluding carboxylic acids is 1. The van der Waals surface area contributed by atoms with Gasteiger partial charge in [-0.25, -0.2) is 13.6 Å². The Kier molecular flexibility index (Phi) is 6.63. The van der Waals surface area contributed by atoms with Gasteiger partial charge in [0.15, 0.2) is 0 Å². The highest BCUT2D eigenvalue weighted by Gasteiger charge is 2.34. The van der Waals surface area contributed by atoms with Crippen LogP contribution in [0.5, 0.6) is 0 Å². The van der Waals surface area contributed by atoms with Gasteiger partial charge in [-0.3, -0.25) is 0 Å². The van der Waals surface area contributed by atoms with Crippen LogP contribution in [-0.2, 0) is 9.53 Å². The molecule has 1 aliphatic rings. The van der Waals surface area contributed by atoms with E-state index in [9.17, 15) is 13.6 Å². The lowest BCUT2D eigenvalue weighted by atomic mass is 9.98. The third-order valence-electron chi connectivity index (χ3n) is 3.82. The molecule has 0 aromatic heterocycles. The number of allylic oxidation sites excluding steroid dienone is 1. The maximum Gasteiger partial charge on any atom is 0.338 e. The second-order valence-corrected chi connectivity index (χ2v) is 6.86. The van der Waals surface area contributed by atoms with Gasteiger partial charge >= 0.3 is 5.97 Å². The molecule has 1 unspecified atom stereocenters. The van der Waals surface area contributed by atoms with Crippen LogP contribution in [0, 0.1) is 5.92 Å². The SMILES string of the molecule is CCOC(=O)C(=CC1C[C@@H](F)[C@@H](F)C1)c1ccc(SCC)cc1. The van der Waals surface area contributed by atoms with E-state index in [2.05, 4.69) is 6.92 Å².